The first-order valence-corrected chi connectivity index (χ1v) is 13.8. The highest BCUT2D eigenvalue weighted by molar-refractivity contribution is 5.94. The predicted molar refractivity (Wildman–Crippen MR) is 149 cm³/mol. The van der Waals surface area contributed by atoms with Crippen LogP contribution in [0, 0.1) is 0 Å². The minimum atomic E-state index is -1.49. The molecule has 0 aliphatic carbocycles. The molecule has 2 aromatic heterocycles. The lowest BCUT2D eigenvalue weighted by atomic mass is 9.99. The van der Waals surface area contributed by atoms with E-state index in [4.69, 9.17) is 14.2 Å². The van der Waals surface area contributed by atoms with Gasteiger partial charge in [0.15, 0.2) is 11.7 Å². The summed E-state index contributed by atoms with van der Waals surface area (Å²) < 4.78 is 20.2. The lowest BCUT2D eigenvalue weighted by molar-refractivity contribution is -0.304. The molecular weight excluding hydrogens is 532 g/mol. The number of para-hydroxylation sites is 1. The van der Waals surface area contributed by atoms with E-state index < -0.39 is 37.3 Å². The zero-order valence-corrected chi connectivity index (χ0v) is 22.9. The molecule has 2 aromatic carbocycles. The summed E-state index contributed by atoms with van der Waals surface area (Å²) in [5, 5.41) is 48.7. The molecule has 0 saturated carbocycles. The smallest absolute Gasteiger partial charge is 0.197 e. The van der Waals surface area contributed by atoms with Gasteiger partial charge in [0.05, 0.1) is 37.6 Å². The number of rotatable bonds is 12. The number of unbranched alkanes of at least 4 members (excludes halogenated alkanes) is 3. The molecule has 0 bridgehead atoms. The van der Waals surface area contributed by atoms with E-state index in [1.807, 2.05) is 42.5 Å². The number of fused-ring (bicyclic) bond motifs is 2. The van der Waals surface area contributed by atoms with Crippen LogP contribution in [0.15, 0.2) is 53.5 Å². The lowest BCUT2D eigenvalue weighted by Crippen LogP contribution is -2.59. The average Bonchev–Trinajstić information content (AvgIpc) is 3.46. The number of aromatic nitrogens is 4. The fourth-order valence-corrected chi connectivity index (χ4v) is 5.26. The van der Waals surface area contributed by atoms with Crippen LogP contribution in [-0.4, -0.2) is 84.4 Å². The summed E-state index contributed by atoms with van der Waals surface area (Å²) in [5.41, 5.74) is 2.36. The van der Waals surface area contributed by atoms with Gasteiger partial charge in [0.25, 0.3) is 0 Å². The first-order chi connectivity index (χ1) is 19.9. The molecule has 0 unspecified atom stereocenters. The predicted octanol–water partition coefficient (Wildman–Crippen LogP) is 1.33. The van der Waals surface area contributed by atoms with Crippen LogP contribution >= 0.6 is 0 Å². The van der Waals surface area contributed by atoms with Gasteiger partial charge in [-0.1, -0.05) is 30.2 Å². The van der Waals surface area contributed by atoms with Crippen molar-refractivity contribution in [3.05, 3.63) is 64.6 Å². The molecule has 1 aliphatic rings. The fraction of sp³-hybridized carbons (Fsp3) is 0.483. The molecular formula is C29H36N4O8. The first-order valence-electron chi connectivity index (χ1n) is 13.8. The third-order valence-electron chi connectivity index (χ3n) is 7.53. The molecule has 0 radical (unpaired) electrons. The van der Waals surface area contributed by atoms with E-state index in [2.05, 4.69) is 14.9 Å². The Kier molecular flexibility index (Phi) is 9.28. The van der Waals surface area contributed by atoms with E-state index in [1.54, 1.807) is 18.0 Å². The Morgan fingerprint density at radius 2 is 1.68 bits per heavy atom. The van der Waals surface area contributed by atoms with Gasteiger partial charge >= 0.3 is 0 Å². The summed E-state index contributed by atoms with van der Waals surface area (Å²) in [4.78, 5) is 13.1. The molecule has 1 aliphatic heterocycles. The van der Waals surface area contributed by atoms with Crippen LogP contribution < -0.4 is 10.2 Å². The van der Waals surface area contributed by atoms with Crippen LogP contribution in [-0.2, 0) is 29.2 Å². The number of benzene rings is 2. The van der Waals surface area contributed by atoms with Gasteiger partial charge in [-0.25, -0.2) is 0 Å². The Morgan fingerprint density at radius 3 is 2.46 bits per heavy atom. The van der Waals surface area contributed by atoms with Crippen LogP contribution in [0.4, 0.5) is 0 Å². The monoisotopic (exact) mass is 568 g/mol. The third-order valence-corrected chi connectivity index (χ3v) is 7.53. The van der Waals surface area contributed by atoms with Gasteiger partial charge < -0.3 is 39.2 Å². The summed E-state index contributed by atoms with van der Waals surface area (Å²) in [6, 6.07) is 13.3. The highest BCUT2D eigenvalue weighted by atomic mass is 16.7. The quantitative estimate of drug-likeness (QED) is 0.145. The van der Waals surface area contributed by atoms with Crippen molar-refractivity contribution in [2.45, 2.75) is 76.1 Å². The molecule has 1 saturated heterocycles. The molecule has 1 fully saturated rings. The molecule has 12 heteroatoms. The van der Waals surface area contributed by atoms with Crippen LogP contribution in [0.1, 0.15) is 31.4 Å². The summed E-state index contributed by atoms with van der Waals surface area (Å²) in [6.07, 6.45) is -1.05. The molecule has 5 rings (SSSR count). The minimum Gasteiger partial charge on any atom is -0.497 e. The van der Waals surface area contributed by atoms with Gasteiger partial charge in [-0.05, 0) is 43.2 Å². The van der Waals surface area contributed by atoms with E-state index in [1.165, 1.54) is 0 Å². The fourth-order valence-electron chi connectivity index (χ4n) is 5.26. The summed E-state index contributed by atoms with van der Waals surface area (Å²) in [6.45, 7) is 0.924. The van der Waals surface area contributed by atoms with E-state index in [0.29, 0.717) is 28.8 Å². The molecule has 4 N–H and O–H groups in total. The minimum absolute atomic E-state index is 0.0107. The summed E-state index contributed by atoms with van der Waals surface area (Å²) >= 11 is 0. The number of nitrogens with zero attached hydrogens (tertiary/aromatic N) is 4. The highest BCUT2D eigenvalue weighted by Crippen LogP contribution is 2.25. The molecule has 0 spiro atoms. The molecule has 5 atom stereocenters. The van der Waals surface area contributed by atoms with Crippen LogP contribution in [0.25, 0.3) is 21.8 Å². The normalized spacial score (nSPS) is 22.9. The van der Waals surface area contributed by atoms with Crippen LogP contribution in [0.2, 0.25) is 0 Å². The zero-order chi connectivity index (χ0) is 28.9. The maximum absolute atomic E-state index is 13.1. The van der Waals surface area contributed by atoms with Crippen LogP contribution in [0.3, 0.4) is 0 Å². The number of hydrogen-bond acceptors (Lipinski definition) is 10. The van der Waals surface area contributed by atoms with Gasteiger partial charge in [0.1, 0.15) is 35.9 Å². The van der Waals surface area contributed by atoms with Gasteiger partial charge in [0, 0.05) is 23.9 Å². The maximum Gasteiger partial charge on any atom is 0.197 e. The molecule has 0 amide bonds. The Hall–Kier alpha value is -3.39. The van der Waals surface area contributed by atoms with Gasteiger partial charge in [-0.3, -0.25) is 9.48 Å². The first kappa shape index (κ1) is 29.1. The number of pyridine rings is 1. The van der Waals surface area contributed by atoms with E-state index in [-0.39, 0.29) is 12.0 Å². The van der Waals surface area contributed by atoms with Crippen molar-refractivity contribution in [1.82, 2.24) is 19.6 Å². The topological polar surface area (TPSA) is 161 Å². The third kappa shape index (κ3) is 6.27. The Balaban J connectivity index is 1.11. The number of methoxy groups -OCH3 is 1. The lowest BCUT2D eigenvalue weighted by Gasteiger charge is -2.39. The van der Waals surface area contributed by atoms with Crippen molar-refractivity contribution in [3.8, 4) is 5.75 Å². The number of ether oxygens (including phenoxy) is 3. The molecule has 41 heavy (non-hydrogen) atoms. The van der Waals surface area contributed by atoms with Gasteiger partial charge in [-0.15, -0.1) is 5.10 Å². The molecule has 220 valence electrons. The van der Waals surface area contributed by atoms with Crippen molar-refractivity contribution >= 4 is 21.8 Å². The molecule has 12 nitrogen and oxygen atoms in total. The maximum atomic E-state index is 13.1. The van der Waals surface area contributed by atoms with Crippen molar-refractivity contribution < 1.29 is 34.6 Å². The van der Waals surface area contributed by atoms with Crippen molar-refractivity contribution in [2.75, 3.05) is 13.7 Å². The molecule has 3 heterocycles. The largest absolute Gasteiger partial charge is 0.497 e. The number of hydrogen-bond donors (Lipinski definition) is 4. The van der Waals surface area contributed by atoms with E-state index >= 15 is 0 Å². The number of aryl methyl sites for hydroxylation is 2. The molecule has 4 aromatic rings. The Morgan fingerprint density at radius 1 is 0.927 bits per heavy atom. The van der Waals surface area contributed by atoms with Crippen molar-refractivity contribution in [3.63, 3.8) is 0 Å². The van der Waals surface area contributed by atoms with Gasteiger partial charge in [-0.2, -0.15) is 0 Å². The summed E-state index contributed by atoms with van der Waals surface area (Å²) in [5.74, 6) is 0.660. The van der Waals surface area contributed by atoms with Crippen molar-refractivity contribution in [1.29, 1.82) is 0 Å². The second-order valence-corrected chi connectivity index (χ2v) is 10.3. The number of aliphatic hydroxyl groups excluding tert-OH is 4. The Labute approximate surface area is 236 Å². The average molecular weight is 569 g/mol. The standard InChI is InChI=1S/C29H36N4O8/c1-39-19-10-11-23-21(14-19)25(35)20-8-4-5-9-22(20)33(23)13-7-3-2-6-12-32-15-18(30-31-32)17-40-29-28(38)27(37)26(36)24(16-34)41-29/h4-5,8-11,14-15,24,26-29,34,36-38H,2-3,6-7,12-13,16-17H2,1H3/t24-,26+,27+,28-,29-/m1/s1. The highest BCUT2D eigenvalue weighted by Gasteiger charge is 2.44. The second kappa shape index (κ2) is 13.1. The summed E-state index contributed by atoms with van der Waals surface area (Å²) in [7, 11) is 1.60. The van der Waals surface area contributed by atoms with E-state index in [9.17, 15) is 25.2 Å². The SMILES string of the molecule is COc1ccc2c(c1)c(=O)c1ccccc1n2CCCCCCn1cc(CO[C@@H]2O[C@H](CO)[C@H](O)[C@H](O)[C@H]2O)nn1. The van der Waals surface area contributed by atoms with Gasteiger partial charge in [0.2, 0.25) is 0 Å². The van der Waals surface area contributed by atoms with Crippen LogP contribution in [0.5, 0.6) is 5.75 Å². The zero-order valence-electron chi connectivity index (χ0n) is 22.9. The van der Waals surface area contributed by atoms with Crippen molar-refractivity contribution in [2.24, 2.45) is 0 Å². The Bertz CT molecular complexity index is 1520. The van der Waals surface area contributed by atoms with E-state index in [0.717, 1.165) is 43.3 Å². The second-order valence-electron chi connectivity index (χ2n) is 10.3. The number of aliphatic hydroxyl groups is 4.